The van der Waals surface area contributed by atoms with Gasteiger partial charge < -0.3 is 9.42 Å². The van der Waals surface area contributed by atoms with Gasteiger partial charge in [0.1, 0.15) is 11.6 Å². The maximum atomic E-state index is 13.8. The van der Waals surface area contributed by atoms with Gasteiger partial charge in [-0.3, -0.25) is 4.79 Å². The first-order valence-corrected chi connectivity index (χ1v) is 7.09. The molecule has 1 saturated heterocycles. The van der Waals surface area contributed by atoms with Crippen molar-refractivity contribution in [3.8, 4) is 0 Å². The molecule has 1 fully saturated rings. The number of halogens is 2. The van der Waals surface area contributed by atoms with E-state index in [1.165, 1.54) is 6.07 Å². The van der Waals surface area contributed by atoms with Crippen LogP contribution in [0.4, 0.5) is 8.78 Å². The minimum atomic E-state index is -0.847. The number of rotatable bonds is 2. The molecule has 0 radical (unpaired) electrons. The molecule has 2 heterocycles. The highest BCUT2D eigenvalue weighted by molar-refractivity contribution is 5.94. The van der Waals surface area contributed by atoms with E-state index in [0.29, 0.717) is 24.8 Å². The highest BCUT2D eigenvalue weighted by Gasteiger charge is 2.29. The lowest BCUT2D eigenvalue weighted by atomic mass is 9.97. The van der Waals surface area contributed by atoms with Crippen LogP contribution in [0, 0.1) is 18.6 Å². The Morgan fingerprint density at radius 2 is 2.23 bits per heavy atom. The average molecular weight is 307 g/mol. The Bertz CT molecular complexity index is 702. The van der Waals surface area contributed by atoms with Gasteiger partial charge in [0, 0.05) is 19.2 Å². The summed E-state index contributed by atoms with van der Waals surface area (Å²) in [7, 11) is 0. The monoisotopic (exact) mass is 307 g/mol. The van der Waals surface area contributed by atoms with Crippen molar-refractivity contribution >= 4 is 5.91 Å². The molecule has 5 nitrogen and oxygen atoms in total. The number of amides is 1. The molecule has 0 bridgehead atoms. The van der Waals surface area contributed by atoms with Gasteiger partial charge in [0.2, 0.25) is 5.89 Å². The molecule has 0 unspecified atom stereocenters. The topological polar surface area (TPSA) is 59.2 Å². The summed E-state index contributed by atoms with van der Waals surface area (Å²) in [5.74, 6) is -1.01. The molecule has 0 aliphatic carbocycles. The number of carbonyl (C=O) groups excluding carboxylic acids is 1. The van der Waals surface area contributed by atoms with E-state index in [1.807, 2.05) is 0 Å². The highest BCUT2D eigenvalue weighted by Crippen LogP contribution is 2.27. The summed E-state index contributed by atoms with van der Waals surface area (Å²) in [4.78, 5) is 18.1. The lowest BCUT2D eigenvalue weighted by Gasteiger charge is -2.31. The highest BCUT2D eigenvalue weighted by atomic mass is 19.1. The van der Waals surface area contributed by atoms with Crippen molar-refractivity contribution in [2.45, 2.75) is 25.7 Å². The number of aromatic nitrogens is 2. The molecule has 1 atom stereocenters. The second kappa shape index (κ2) is 5.82. The number of benzene rings is 1. The van der Waals surface area contributed by atoms with Crippen molar-refractivity contribution in [1.82, 2.24) is 15.0 Å². The van der Waals surface area contributed by atoms with Gasteiger partial charge in [-0.2, -0.15) is 4.98 Å². The van der Waals surface area contributed by atoms with Crippen LogP contribution in [0.3, 0.4) is 0 Å². The normalized spacial score (nSPS) is 18.5. The lowest BCUT2D eigenvalue weighted by molar-refractivity contribution is 0.0691. The summed E-state index contributed by atoms with van der Waals surface area (Å²) in [6, 6.07) is 2.97. The van der Waals surface area contributed by atoms with Crippen LogP contribution in [0.1, 0.15) is 40.8 Å². The third-order valence-corrected chi connectivity index (χ3v) is 3.76. The largest absolute Gasteiger partial charge is 0.339 e. The summed E-state index contributed by atoms with van der Waals surface area (Å²) < 4.78 is 31.9. The fraction of sp³-hybridized carbons (Fsp3) is 0.400. The van der Waals surface area contributed by atoms with Crippen molar-refractivity contribution in [2.24, 2.45) is 0 Å². The van der Waals surface area contributed by atoms with Crippen LogP contribution < -0.4 is 0 Å². The molecule has 0 N–H and O–H groups in total. The van der Waals surface area contributed by atoms with Crippen molar-refractivity contribution in [1.29, 1.82) is 0 Å². The minimum absolute atomic E-state index is 0.0533. The Kier molecular flexibility index (Phi) is 3.87. The summed E-state index contributed by atoms with van der Waals surface area (Å²) >= 11 is 0. The van der Waals surface area contributed by atoms with Crippen molar-refractivity contribution in [3.63, 3.8) is 0 Å². The number of aryl methyl sites for hydroxylation is 1. The third kappa shape index (κ3) is 2.84. The van der Waals surface area contributed by atoms with E-state index in [-0.39, 0.29) is 11.5 Å². The second-order valence-corrected chi connectivity index (χ2v) is 5.39. The van der Waals surface area contributed by atoms with Crippen molar-refractivity contribution in [2.75, 3.05) is 13.1 Å². The molecule has 1 aliphatic rings. The van der Waals surface area contributed by atoms with E-state index in [4.69, 9.17) is 4.52 Å². The Morgan fingerprint density at radius 3 is 2.91 bits per heavy atom. The quantitative estimate of drug-likeness (QED) is 0.856. The number of hydrogen-bond donors (Lipinski definition) is 0. The maximum Gasteiger partial charge on any atom is 0.256 e. The van der Waals surface area contributed by atoms with E-state index < -0.39 is 17.5 Å². The number of piperidine rings is 1. The van der Waals surface area contributed by atoms with Crippen LogP contribution in [-0.4, -0.2) is 34.0 Å². The molecule has 7 heteroatoms. The van der Waals surface area contributed by atoms with E-state index in [1.54, 1.807) is 11.8 Å². The van der Waals surface area contributed by atoms with Crippen LogP contribution in [0.2, 0.25) is 0 Å². The minimum Gasteiger partial charge on any atom is -0.339 e. The van der Waals surface area contributed by atoms with Gasteiger partial charge in [-0.1, -0.05) is 5.16 Å². The van der Waals surface area contributed by atoms with Crippen LogP contribution in [0.5, 0.6) is 0 Å². The molecular weight excluding hydrogens is 292 g/mol. The third-order valence-electron chi connectivity index (χ3n) is 3.76. The number of hydrogen-bond acceptors (Lipinski definition) is 4. The molecule has 1 aliphatic heterocycles. The molecule has 2 aromatic rings. The van der Waals surface area contributed by atoms with Gasteiger partial charge in [-0.05, 0) is 31.9 Å². The van der Waals surface area contributed by atoms with Gasteiger partial charge in [0.25, 0.3) is 5.91 Å². The van der Waals surface area contributed by atoms with E-state index in [2.05, 4.69) is 10.1 Å². The van der Waals surface area contributed by atoms with E-state index in [9.17, 15) is 13.6 Å². The van der Waals surface area contributed by atoms with Gasteiger partial charge in [-0.15, -0.1) is 0 Å². The first kappa shape index (κ1) is 14.6. The fourth-order valence-electron chi connectivity index (χ4n) is 2.68. The van der Waals surface area contributed by atoms with Crippen LogP contribution >= 0.6 is 0 Å². The molecule has 22 heavy (non-hydrogen) atoms. The predicted octanol–water partition coefficient (Wildman–Crippen LogP) is 2.68. The van der Waals surface area contributed by atoms with E-state index in [0.717, 1.165) is 25.0 Å². The predicted molar refractivity (Wildman–Crippen MR) is 73.3 cm³/mol. The number of nitrogens with zero attached hydrogens (tertiary/aromatic N) is 3. The standard InChI is InChI=1S/C15H15F2N3O2/c1-9-18-14(22-19-9)10-3-2-6-20(8-10)15(21)12-5-4-11(16)7-13(12)17/h4-5,7,10H,2-3,6,8H2,1H3/t10-/m0/s1. The zero-order valence-corrected chi connectivity index (χ0v) is 12.1. The molecule has 3 rings (SSSR count). The molecular formula is C15H15F2N3O2. The van der Waals surface area contributed by atoms with Crippen LogP contribution in [-0.2, 0) is 0 Å². The fourth-order valence-corrected chi connectivity index (χ4v) is 2.68. The van der Waals surface area contributed by atoms with Crippen molar-refractivity contribution in [3.05, 3.63) is 47.1 Å². The number of carbonyl (C=O) groups is 1. The molecule has 0 spiro atoms. The molecule has 1 aromatic carbocycles. The Hall–Kier alpha value is -2.31. The van der Waals surface area contributed by atoms with Crippen LogP contribution in [0.15, 0.2) is 22.7 Å². The second-order valence-electron chi connectivity index (χ2n) is 5.39. The van der Waals surface area contributed by atoms with Gasteiger partial charge >= 0.3 is 0 Å². The zero-order chi connectivity index (χ0) is 15.7. The number of likely N-dealkylation sites (tertiary alicyclic amines) is 1. The van der Waals surface area contributed by atoms with Crippen LogP contribution in [0.25, 0.3) is 0 Å². The summed E-state index contributed by atoms with van der Waals surface area (Å²) in [5.41, 5.74) is -0.122. The first-order chi connectivity index (χ1) is 10.5. The molecule has 1 aromatic heterocycles. The van der Waals surface area contributed by atoms with Gasteiger partial charge in [0.15, 0.2) is 5.82 Å². The summed E-state index contributed by atoms with van der Waals surface area (Å²) in [6.07, 6.45) is 1.60. The SMILES string of the molecule is Cc1noc([C@H]2CCCN(C(=O)c3ccc(F)cc3F)C2)n1. The van der Waals surface area contributed by atoms with Crippen molar-refractivity contribution < 1.29 is 18.1 Å². The van der Waals surface area contributed by atoms with E-state index >= 15 is 0 Å². The average Bonchev–Trinajstić information content (AvgIpc) is 2.93. The lowest BCUT2D eigenvalue weighted by Crippen LogP contribution is -2.39. The first-order valence-electron chi connectivity index (χ1n) is 7.09. The Labute approximate surface area is 125 Å². The zero-order valence-electron chi connectivity index (χ0n) is 12.1. The Balaban J connectivity index is 1.78. The van der Waals surface area contributed by atoms with Gasteiger partial charge in [-0.25, -0.2) is 8.78 Å². The maximum absolute atomic E-state index is 13.8. The molecule has 1 amide bonds. The molecule has 0 saturated carbocycles. The summed E-state index contributed by atoms with van der Waals surface area (Å²) in [6.45, 7) is 2.64. The Morgan fingerprint density at radius 1 is 1.41 bits per heavy atom. The smallest absolute Gasteiger partial charge is 0.256 e. The molecule has 116 valence electrons. The summed E-state index contributed by atoms with van der Waals surface area (Å²) in [5, 5.41) is 3.75. The van der Waals surface area contributed by atoms with Gasteiger partial charge in [0.05, 0.1) is 11.5 Å².